The molecule has 4 aromatic rings. The van der Waals surface area contributed by atoms with Gasteiger partial charge in [0.15, 0.2) is 0 Å². The minimum absolute atomic E-state index is 0.288. The molecule has 1 aromatic heterocycles. The van der Waals surface area contributed by atoms with Crippen molar-refractivity contribution in [2.45, 2.75) is 39.2 Å². The molecule has 0 saturated heterocycles. The molecule has 6 nitrogen and oxygen atoms in total. The monoisotopic (exact) mass is 499 g/mol. The first-order valence-electron chi connectivity index (χ1n) is 13.0. The molecule has 0 radical (unpaired) electrons. The molecule has 0 N–H and O–H groups in total. The molecule has 0 atom stereocenters. The highest BCUT2D eigenvalue weighted by Gasteiger charge is 2.26. The fourth-order valence-corrected chi connectivity index (χ4v) is 4.92. The Kier molecular flexibility index (Phi) is 7.64. The Morgan fingerprint density at radius 2 is 1.65 bits per heavy atom. The standard InChI is InChI=1S/C31H33NO5/c1-3-35-31(33)30-29-23-11-9-13-25(19-23)36-16-6-4-5-7-17-37-26-14-15-28(27(29)20-26)32(30)21-22-10-8-12-24(18-22)34-2/h8-15,18-20H,3-7,16-17,21H2,1-2H3. The van der Waals surface area contributed by atoms with E-state index in [-0.39, 0.29) is 12.6 Å². The van der Waals surface area contributed by atoms with Gasteiger partial charge >= 0.3 is 5.97 Å². The van der Waals surface area contributed by atoms with E-state index < -0.39 is 0 Å². The number of ether oxygens (including phenoxy) is 4. The van der Waals surface area contributed by atoms with Gasteiger partial charge in [-0.15, -0.1) is 0 Å². The molecule has 0 spiro atoms. The maximum Gasteiger partial charge on any atom is 0.355 e. The second-order valence-corrected chi connectivity index (χ2v) is 9.20. The summed E-state index contributed by atoms with van der Waals surface area (Å²) < 4.78 is 25.3. The van der Waals surface area contributed by atoms with E-state index in [0.29, 0.717) is 25.5 Å². The van der Waals surface area contributed by atoms with Crippen molar-refractivity contribution < 1.29 is 23.7 Å². The van der Waals surface area contributed by atoms with Gasteiger partial charge in [0, 0.05) is 23.0 Å². The maximum atomic E-state index is 13.5. The van der Waals surface area contributed by atoms with Crippen molar-refractivity contribution in [3.05, 3.63) is 78.0 Å². The number of methoxy groups -OCH3 is 1. The molecule has 0 saturated carbocycles. The quantitative estimate of drug-likeness (QED) is 0.280. The van der Waals surface area contributed by atoms with Gasteiger partial charge in [0.05, 0.1) is 26.9 Å². The Hall–Kier alpha value is -3.93. The Morgan fingerprint density at radius 3 is 2.41 bits per heavy atom. The lowest BCUT2D eigenvalue weighted by atomic mass is 10.0. The van der Waals surface area contributed by atoms with Crippen LogP contribution in [0.2, 0.25) is 0 Å². The largest absolute Gasteiger partial charge is 0.497 e. The van der Waals surface area contributed by atoms with Gasteiger partial charge in [-0.25, -0.2) is 4.79 Å². The number of nitrogens with zero attached hydrogens (tertiary/aromatic N) is 1. The molecule has 6 heteroatoms. The van der Waals surface area contributed by atoms with Crippen molar-refractivity contribution in [2.75, 3.05) is 26.9 Å². The van der Waals surface area contributed by atoms with Gasteiger partial charge in [-0.05, 0) is 86.2 Å². The second-order valence-electron chi connectivity index (χ2n) is 9.20. The highest BCUT2D eigenvalue weighted by atomic mass is 16.5. The summed E-state index contributed by atoms with van der Waals surface area (Å²) in [7, 11) is 1.65. The number of carbonyl (C=O) groups excluding carboxylic acids is 1. The van der Waals surface area contributed by atoms with Crippen molar-refractivity contribution in [1.82, 2.24) is 4.57 Å². The van der Waals surface area contributed by atoms with Crippen molar-refractivity contribution in [3.8, 4) is 28.4 Å². The van der Waals surface area contributed by atoms with Gasteiger partial charge in [0.25, 0.3) is 0 Å². The fourth-order valence-electron chi connectivity index (χ4n) is 4.92. The third kappa shape index (κ3) is 5.43. The summed E-state index contributed by atoms with van der Waals surface area (Å²) in [5, 5.41) is 0.940. The predicted molar refractivity (Wildman–Crippen MR) is 145 cm³/mol. The van der Waals surface area contributed by atoms with E-state index in [4.69, 9.17) is 18.9 Å². The summed E-state index contributed by atoms with van der Waals surface area (Å²) in [6, 6.07) is 21.9. The molecule has 192 valence electrons. The summed E-state index contributed by atoms with van der Waals surface area (Å²) in [5.74, 6) is 2.00. The van der Waals surface area contributed by atoms with Crippen molar-refractivity contribution in [2.24, 2.45) is 0 Å². The molecule has 3 aromatic carbocycles. The van der Waals surface area contributed by atoms with E-state index in [1.54, 1.807) is 7.11 Å². The maximum absolute atomic E-state index is 13.5. The molecule has 0 fully saturated rings. The van der Waals surface area contributed by atoms with Crippen LogP contribution in [0.4, 0.5) is 0 Å². The van der Waals surface area contributed by atoms with Crippen LogP contribution in [0.3, 0.4) is 0 Å². The van der Waals surface area contributed by atoms with E-state index >= 15 is 0 Å². The van der Waals surface area contributed by atoms with Gasteiger partial charge in [-0.3, -0.25) is 0 Å². The zero-order chi connectivity index (χ0) is 25.6. The first-order valence-corrected chi connectivity index (χ1v) is 13.0. The molecule has 1 aliphatic rings. The minimum atomic E-state index is -0.358. The molecule has 0 unspecified atom stereocenters. The normalized spacial score (nSPS) is 13.8. The molecular formula is C31H33NO5. The molecule has 0 aliphatic carbocycles. The van der Waals surface area contributed by atoms with Crippen LogP contribution in [-0.2, 0) is 11.3 Å². The van der Waals surface area contributed by atoms with Crippen LogP contribution in [0.25, 0.3) is 22.0 Å². The number of esters is 1. The SMILES string of the molecule is CCOC(=O)c1c2c3cc(ccc3n1Cc1cccc(OC)c1)OCCCCCCOc1cccc-2c1. The summed E-state index contributed by atoms with van der Waals surface area (Å²) in [4.78, 5) is 13.5. The van der Waals surface area contributed by atoms with E-state index in [1.165, 1.54) is 0 Å². The van der Waals surface area contributed by atoms with Crippen molar-refractivity contribution in [3.63, 3.8) is 0 Å². The third-order valence-electron chi connectivity index (χ3n) is 6.68. The van der Waals surface area contributed by atoms with Gasteiger partial charge < -0.3 is 23.5 Å². The van der Waals surface area contributed by atoms with E-state index in [2.05, 4.69) is 0 Å². The first-order chi connectivity index (χ1) is 18.2. The Balaban J connectivity index is 1.74. The van der Waals surface area contributed by atoms with Gasteiger partial charge in [0.2, 0.25) is 0 Å². The average molecular weight is 500 g/mol. The highest BCUT2D eigenvalue weighted by Crippen LogP contribution is 2.39. The van der Waals surface area contributed by atoms with Crippen LogP contribution in [0.15, 0.2) is 66.7 Å². The average Bonchev–Trinajstić information content (AvgIpc) is 3.23. The van der Waals surface area contributed by atoms with Crippen LogP contribution >= 0.6 is 0 Å². The minimum Gasteiger partial charge on any atom is -0.497 e. The second kappa shape index (κ2) is 11.4. The van der Waals surface area contributed by atoms with Crippen LogP contribution < -0.4 is 14.2 Å². The van der Waals surface area contributed by atoms with Crippen molar-refractivity contribution in [1.29, 1.82) is 0 Å². The lowest BCUT2D eigenvalue weighted by Gasteiger charge is -2.13. The molecule has 37 heavy (non-hydrogen) atoms. The molecule has 4 bridgehead atoms. The van der Waals surface area contributed by atoms with E-state index in [0.717, 1.165) is 70.5 Å². The molecular weight excluding hydrogens is 466 g/mol. The number of hydrogen-bond donors (Lipinski definition) is 0. The van der Waals surface area contributed by atoms with Crippen molar-refractivity contribution >= 4 is 16.9 Å². The first kappa shape index (κ1) is 24.8. The van der Waals surface area contributed by atoms with E-state index in [1.807, 2.05) is 78.2 Å². The summed E-state index contributed by atoms with van der Waals surface area (Å²) >= 11 is 0. The van der Waals surface area contributed by atoms with Crippen LogP contribution in [0.1, 0.15) is 48.7 Å². The zero-order valence-corrected chi connectivity index (χ0v) is 21.5. The molecule has 0 amide bonds. The number of hydrogen-bond acceptors (Lipinski definition) is 5. The number of fused-ring (bicyclic) bond motifs is 4. The van der Waals surface area contributed by atoms with Crippen LogP contribution in [0, 0.1) is 0 Å². The van der Waals surface area contributed by atoms with Crippen LogP contribution in [0.5, 0.6) is 17.2 Å². The van der Waals surface area contributed by atoms with Crippen LogP contribution in [-0.4, -0.2) is 37.5 Å². The Labute approximate surface area is 217 Å². The fraction of sp³-hybridized carbons (Fsp3) is 0.323. The molecule has 2 heterocycles. The topological polar surface area (TPSA) is 58.9 Å². The number of benzene rings is 3. The number of rotatable bonds is 5. The highest BCUT2D eigenvalue weighted by molar-refractivity contribution is 6.09. The zero-order valence-electron chi connectivity index (χ0n) is 21.5. The van der Waals surface area contributed by atoms with Gasteiger partial charge in [-0.2, -0.15) is 0 Å². The molecule has 1 aliphatic heterocycles. The third-order valence-corrected chi connectivity index (χ3v) is 6.68. The van der Waals surface area contributed by atoms with Gasteiger partial charge in [0.1, 0.15) is 22.9 Å². The molecule has 5 rings (SSSR count). The lowest BCUT2D eigenvalue weighted by molar-refractivity contribution is 0.0516. The number of aromatic nitrogens is 1. The number of carbonyl (C=O) groups is 1. The lowest BCUT2D eigenvalue weighted by Crippen LogP contribution is -2.14. The smallest absolute Gasteiger partial charge is 0.355 e. The summed E-state index contributed by atoms with van der Waals surface area (Å²) in [6.07, 6.45) is 4.18. The summed E-state index contributed by atoms with van der Waals surface area (Å²) in [5.41, 5.74) is 4.19. The Morgan fingerprint density at radius 1 is 0.892 bits per heavy atom. The Bertz CT molecular complexity index is 1390. The predicted octanol–water partition coefficient (Wildman–Crippen LogP) is 6.87. The summed E-state index contributed by atoms with van der Waals surface area (Å²) in [6.45, 7) is 3.92. The van der Waals surface area contributed by atoms with Gasteiger partial charge in [-0.1, -0.05) is 24.3 Å². The van der Waals surface area contributed by atoms with E-state index in [9.17, 15) is 4.79 Å².